The highest BCUT2D eigenvalue weighted by Gasteiger charge is 2.11. The Labute approximate surface area is 144 Å². The quantitative estimate of drug-likeness (QED) is 0.758. The van der Waals surface area contributed by atoms with Crippen LogP contribution in [-0.4, -0.2) is 37.9 Å². The largest absolute Gasteiger partial charge is 0.481 e. The zero-order valence-electron chi connectivity index (χ0n) is 13.8. The first kappa shape index (κ1) is 16.4. The number of nitrogens with one attached hydrogen (secondary N) is 1. The number of aryl methyl sites for hydroxylation is 1. The van der Waals surface area contributed by atoms with E-state index in [-0.39, 0.29) is 18.3 Å². The Kier molecular flexibility index (Phi) is 4.89. The van der Waals surface area contributed by atoms with Gasteiger partial charge in [-0.15, -0.1) is 0 Å². The predicted molar refractivity (Wildman–Crippen MR) is 90.9 cm³/mol. The number of carbonyl (C=O) groups excluding carboxylic acids is 1. The molecule has 0 atom stereocenters. The lowest BCUT2D eigenvalue weighted by atomic mass is 10.2. The van der Waals surface area contributed by atoms with E-state index in [2.05, 4.69) is 30.2 Å². The summed E-state index contributed by atoms with van der Waals surface area (Å²) in [4.78, 5) is 33.2. The van der Waals surface area contributed by atoms with Gasteiger partial charge in [-0.2, -0.15) is 9.97 Å². The van der Waals surface area contributed by atoms with Gasteiger partial charge in [0.25, 0.3) is 0 Å². The Hall–Kier alpha value is -3.42. The van der Waals surface area contributed by atoms with Gasteiger partial charge in [-0.1, -0.05) is 12.1 Å². The van der Waals surface area contributed by atoms with E-state index < -0.39 is 0 Å². The molecule has 3 heterocycles. The van der Waals surface area contributed by atoms with Gasteiger partial charge in [0, 0.05) is 18.5 Å². The average Bonchev–Trinajstić information content (AvgIpc) is 2.62. The molecule has 0 aliphatic carbocycles. The molecular weight excluding hydrogens is 320 g/mol. The van der Waals surface area contributed by atoms with Gasteiger partial charge < -0.3 is 4.74 Å². The molecule has 0 saturated heterocycles. The van der Waals surface area contributed by atoms with Gasteiger partial charge in [0.15, 0.2) is 5.82 Å². The van der Waals surface area contributed by atoms with E-state index in [1.807, 2.05) is 12.1 Å². The van der Waals surface area contributed by atoms with Crippen LogP contribution in [0, 0.1) is 6.92 Å². The molecular formula is C17H16N6O2. The summed E-state index contributed by atoms with van der Waals surface area (Å²) in [6.07, 6.45) is 3.40. The molecule has 1 amide bonds. The molecule has 3 rings (SSSR count). The highest BCUT2D eigenvalue weighted by Crippen LogP contribution is 2.13. The highest BCUT2D eigenvalue weighted by molar-refractivity contribution is 5.90. The zero-order chi connectivity index (χ0) is 17.6. The molecule has 0 spiro atoms. The molecule has 8 nitrogen and oxygen atoms in total. The number of aromatic nitrogens is 5. The second-order valence-electron chi connectivity index (χ2n) is 5.18. The fraction of sp³-hybridized carbons (Fsp3) is 0.176. The zero-order valence-corrected chi connectivity index (χ0v) is 13.8. The number of nitrogens with zero attached hydrogens (tertiary/aromatic N) is 5. The Balaban J connectivity index is 1.73. The lowest BCUT2D eigenvalue weighted by Gasteiger charge is -2.07. The van der Waals surface area contributed by atoms with Crippen molar-refractivity contribution in [3.05, 3.63) is 54.1 Å². The molecule has 0 aliphatic rings. The molecule has 0 fully saturated rings. The average molecular weight is 336 g/mol. The minimum Gasteiger partial charge on any atom is -0.481 e. The molecule has 8 heteroatoms. The minimum atomic E-state index is -0.246. The van der Waals surface area contributed by atoms with E-state index in [1.54, 1.807) is 37.5 Å². The van der Waals surface area contributed by atoms with Crippen LogP contribution >= 0.6 is 0 Å². The molecule has 0 aliphatic heterocycles. The lowest BCUT2D eigenvalue weighted by molar-refractivity contribution is -0.115. The van der Waals surface area contributed by atoms with Crippen molar-refractivity contribution in [2.24, 2.45) is 0 Å². The minimum absolute atomic E-state index is 0.153. The maximum absolute atomic E-state index is 12.2. The summed E-state index contributed by atoms with van der Waals surface area (Å²) in [6, 6.07) is 8.93. The van der Waals surface area contributed by atoms with Gasteiger partial charge >= 0.3 is 0 Å². The molecule has 0 saturated carbocycles. The van der Waals surface area contributed by atoms with Gasteiger partial charge in [-0.3, -0.25) is 15.1 Å². The summed E-state index contributed by atoms with van der Waals surface area (Å²) in [6.45, 7) is 1.73. The molecule has 0 bridgehead atoms. The van der Waals surface area contributed by atoms with Crippen molar-refractivity contribution in [2.45, 2.75) is 13.3 Å². The fourth-order valence-corrected chi connectivity index (χ4v) is 2.14. The molecule has 3 aromatic heterocycles. The molecule has 126 valence electrons. The number of rotatable bonds is 5. The van der Waals surface area contributed by atoms with Crippen molar-refractivity contribution >= 4 is 11.9 Å². The third kappa shape index (κ3) is 4.31. The fourth-order valence-electron chi connectivity index (χ4n) is 2.14. The Morgan fingerprint density at radius 2 is 2.00 bits per heavy atom. The highest BCUT2D eigenvalue weighted by atomic mass is 16.5. The van der Waals surface area contributed by atoms with Crippen molar-refractivity contribution in [2.75, 3.05) is 12.4 Å². The number of methoxy groups -OCH3 is 1. The third-order valence-electron chi connectivity index (χ3n) is 3.26. The number of hydrogen-bond donors (Lipinski definition) is 1. The molecule has 0 unspecified atom stereocenters. The first-order chi connectivity index (χ1) is 12.1. The number of hydrogen-bond acceptors (Lipinski definition) is 7. The summed E-state index contributed by atoms with van der Waals surface area (Å²) < 4.78 is 4.99. The summed E-state index contributed by atoms with van der Waals surface area (Å²) in [7, 11) is 1.54. The van der Waals surface area contributed by atoms with Crippen LogP contribution in [-0.2, 0) is 11.2 Å². The Bertz CT molecular complexity index is 868. The van der Waals surface area contributed by atoms with Crippen molar-refractivity contribution < 1.29 is 9.53 Å². The van der Waals surface area contributed by atoms with E-state index in [9.17, 15) is 4.79 Å². The molecule has 3 aromatic rings. The van der Waals surface area contributed by atoms with Crippen LogP contribution in [0.15, 0.2) is 42.7 Å². The van der Waals surface area contributed by atoms with E-state index in [0.717, 1.165) is 5.56 Å². The molecule has 0 radical (unpaired) electrons. The van der Waals surface area contributed by atoms with Crippen LogP contribution < -0.4 is 10.1 Å². The van der Waals surface area contributed by atoms with Crippen LogP contribution in [0.25, 0.3) is 11.5 Å². The van der Waals surface area contributed by atoms with Gasteiger partial charge in [-0.05, 0) is 24.6 Å². The lowest BCUT2D eigenvalue weighted by Crippen LogP contribution is -2.17. The van der Waals surface area contributed by atoms with E-state index in [0.29, 0.717) is 23.2 Å². The Morgan fingerprint density at radius 1 is 1.12 bits per heavy atom. The van der Waals surface area contributed by atoms with Crippen LogP contribution in [0.5, 0.6) is 5.88 Å². The summed E-state index contributed by atoms with van der Waals surface area (Å²) in [5.41, 5.74) is 1.37. The third-order valence-corrected chi connectivity index (χ3v) is 3.26. The molecule has 25 heavy (non-hydrogen) atoms. The number of carbonyl (C=O) groups is 1. The van der Waals surface area contributed by atoms with E-state index >= 15 is 0 Å². The van der Waals surface area contributed by atoms with Gasteiger partial charge in [0.1, 0.15) is 11.5 Å². The van der Waals surface area contributed by atoms with Gasteiger partial charge in [0.2, 0.25) is 17.7 Å². The van der Waals surface area contributed by atoms with E-state index in [1.165, 1.54) is 7.11 Å². The second kappa shape index (κ2) is 7.43. The Morgan fingerprint density at radius 3 is 2.68 bits per heavy atom. The number of anilines is 1. The summed E-state index contributed by atoms with van der Waals surface area (Å²) >= 11 is 0. The predicted octanol–water partition coefficient (Wildman–Crippen LogP) is 1.83. The number of pyridine rings is 2. The SMILES string of the molecule is COc1ccc(CC(=O)Nc2nc(C)nc(-c3ccccn3)n2)cn1. The van der Waals surface area contributed by atoms with Crippen molar-refractivity contribution in [3.63, 3.8) is 0 Å². The van der Waals surface area contributed by atoms with Crippen molar-refractivity contribution in [1.82, 2.24) is 24.9 Å². The van der Waals surface area contributed by atoms with E-state index in [4.69, 9.17) is 4.74 Å². The normalized spacial score (nSPS) is 10.3. The first-order valence-corrected chi connectivity index (χ1v) is 7.57. The van der Waals surface area contributed by atoms with Gasteiger partial charge in [0.05, 0.1) is 13.5 Å². The van der Waals surface area contributed by atoms with Crippen LogP contribution in [0.2, 0.25) is 0 Å². The number of ether oxygens (including phenoxy) is 1. The van der Waals surface area contributed by atoms with Crippen molar-refractivity contribution in [1.29, 1.82) is 0 Å². The van der Waals surface area contributed by atoms with Crippen LogP contribution in [0.3, 0.4) is 0 Å². The maximum atomic E-state index is 12.2. The second-order valence-corrected chi connectivity index (χ2v) is 5.18. The maximum Gasteiger partial charge on any atom is 0.233 e. The smallest absolute Gasteiger partial charge is 0.233 e. The standard InChI is InChI=1S/C17H16N6O2/c1-11-20-16(13-5-3-4-8-18-13)23-17(21-11)22-14(24)9-12-6-7-15(25-2)19-10-12/h3-8,10H,9H2,1-2H3,(H,20,21,22,23,24). The van der Waals surface area contributed by atoms with Crippen molar-refractivity contribution in [3.8, 4) is 17.4 Å². The number of amides is 1. The van der Waals surface area contributed by atoms with Crippen LogP contribution in [0.4, 0.5) is 5.95 Å². The monoisotopic (exact) mass is 336 g/mol. The summed E-state index contributed by atoms with van der Waals surface area (Å²) in [5.74, 6) is 1.35. The van der Waals surface area contributed by atoms with Crippen LogP contribution in [0.1, 0.15) is 11.4 Å². The molecule has 1 N–H and O–H groups in total. The summed E-state index contributed by atoms with van der Waals surface area (Å²) in [5, 5.41) is 2.68. The first-order valence-electron chi connectivity index (χ1n) is 7.57. The molecule has 0 aromatic carbocycles. The van der Waals surface area contributed by atoms with Gasteiger partial charge in [-0.25, -0.2) is 9.97 Å². The topological polar surface area (TPSA) is 103 Å².